The van der Waals surface area contributed by atoms with Crippen LogP contribution >= 0.6 is 0 Å². The van der Waals surface area contributed by atoms with Gasteiger partial charge in [-0.2, -0.15) is 0 Å². The summed E-state index contributed by atoms with van der Waals surface area (Å²) in [6, 6.07) is 11.0. The van der Waals surface area contributed by atoms with Gasteiger partial charge in [-0.05, 0) is 36.8 Å². The summed E-state index contributed by atoms with van der Waals surface area (Å²) < 4.78 is 21.2. The fraction of sp³-hybridized carbons (Fsp3) is 0.174. The number of H-pyrrole nitrogens is 1. The summed E-state index contributed by atoms with van der Waals surface area (Å²) in [4.78, 5) is 19.0. The maximum Gasteiger partial charge on any atom is 0.309 e. The molecule has 1 unspecified atom stereocenters. The lowest BCUT2D eigenvalue weighted by Gasteiger charge is -2.28. The van der Waals surface area contributed by atoms with Gasteiger partial charge < -0.3 is 25.7 Å². The number of benzene rings is 2. The molecule has 0 aliphatic heterocycles. The van der Waals surface area contributed by atoms with Crippen LogP contribution in [0.15, 0.2) is 59.9 Å². The van der Waals surface area contributed by atoms with E-state index in [2.05, 4.69) is 9.97 Å². The quantitative estimate of drug-likeness (QED) is 0.179. The molecule has 6 N–H and O–H groups in total. The first-order valence-corrected chi connectivity index (χ1v) is 9.75. The van der Waals surface area contributed by atoms with Crippen molar-refractivity contribution in [2.75, 3.05) is 7.11 Å². The second kappa shape index (κ2) is 7.84. The van der Waals surface area contributed by atoms with Crippen LogP contribution in [0.1, 0.15) is 29.8 Å². The van der Waals surface area contributed by atoms with Crippen LogP contribution in [-0.2, 0) is 15.2 Å². The minimum atomic E-state index is -2.59. The first-order valence-electron chi connectivity index (χ1n) is 9.75. The Bertz CT molecular complexity index is 1310. The van der Waals surface area contributed by atoms with Gasteiger partial charge >= 0.3 is 5.97 Å². The van der Waals surface area contributed by atoms with Gasteiger partial charge in [0.25, 0.3) is 0 Å². The van der Waals surface area contributed by atoms with Gasteiger partial charge in [-0.25, -0.2) is 9.37 Å². The summed E-state index contributed by atoms with van der Waals surface area (Å²) in [6.07, 6.45) is 0.993. The molecule has 2 aromatic carbocycles. The monoisotopic (exact) mass is 436 g/mol. The Labute approximate surface area is 182 Å². The van der Waals surface area contributed by atoms with Gasteiger partial charge in [0.1, 0.15) is 17.3 Å². The van der Waals surface area contributed by atoms with Crippen LogP contribution in [0.5, 0.6) is 5.75 Å². The number of nitrogens with two attached hydrogens (primary N) is 1. The molecule has 0 bridgehead atoms. The number of aliphatic hydroxyl groups excluding tert-OH is 1. The van der Waals surface area contributed by atoms with E-state index in [0.29, 0.717) is 22.2 Å². The topological polar surface area (TPSA) is 145 Å². The minimum Gasteiger partial charge on any atom is -0.508 e. The largest absolute Gasteiger partial charge is 0.508 e. The van der Waals surface area contributed by atoms with Crippen molar-refractivity contribution in [2.24, 2.45) is 5.73 Å². The number of aromatic nitrogens is 2. The van der Waals surface area contributed by atoms with E-state index in [-0.39, 0.29) is 41.4 Å². The molecule has 1 atom stereocenters. The second-order valence-corrected chi connectivity index (χ2v) is 7.52. The fourth-order valence-electron chi connectivity index (χ4n) is 3.78. The third-order valence-electron chi connectivity index (χ3n) is 5.40. The van der Waals surface area contributed by atoms with Crippen LogP contribution < -0.4 is 5.73 Å². The number of halogens is 1. The molecule has 0 radical (unpaired) electrons. The number of carbonyl (C=O) groups is 1. The summed E-state index contributed by atoms with van der Waals surface area (Å²) in [5, 5.41) is 28.9. The van der Waals surface area contributed by atoms with Gasteiger partial charge in [0.15, 0.2) is 5.82 Å². The number of nitrogens with one attached hydrogen (secondary N) is 2. The maximum atomic E-state index is 16.5. The highest BCUT2D eigenvalue weighted by atomic mass is 19.1. The Balaban J connectivity index is 1.90. The highest BCUT2D eigenvalue weighted by molar-refractivity contribution is 5.98. The van der Waals surface area contributed by atoms with Gasteiger partial charge in [-0.1, -0.05) is 23.8 Å². The van der Waals surface area contributed by atoms with Crippen molar-refractivity contribution in [3.05, 3.63) is 76.8 Å². The number of hydrogen-bond donors (Lipinski definition) is 5. The van der Waals surface area contributed by atoms with Crippen LogP contribution in [-0.4, -0.2) is 39.1 Å². The van der Waals surface area contributed by atoms with Crippen molar-refractivity contribution in [3.8, 4) is 5.75 Å². The Morgan fingerprint density at radius 2 is 2.06 bits per heavy atom. The van der Waals surface area contributed by atoms with Crippen LogP contribution in [0, 0.1) is 5.41 Å². The molecular formula is C23H21FN4O4. The molecule has 0 saturated carbocycles. The summed E-state index contributed by atoms with van der Waals surface area (Å²) in [7, 11) is 1.23. The number of nitrogen functional groups attached to an aromatic ring is 1. The molecule has 32 heavy (non-hydrogen) atoms. The number of hydrogen-bond acceptors (Lipinski definition) is 6. The number of phenols is 1. The maximum absolute atomic E-state index is 16.5. The zero-order valence-corrected chi connectivity index (χ0v) is 17.1. The number of esters is 1. The fourth-order valence-corrected chi connectivity index (χ4v) is 3.78. The van der Waals surface area contributed by atoms with E-state index in [0.717, 1.165) is 6.08 Å². The summed E-state index contributed by atoms with van der Waals surface area (Å²) in [5.74, 6) is -1.70. The number of aliphatic hydroxyl groups is 1. The van der Waals surface area contributed by atoms with E-state index in [1.165, 1.54) is 13.2 Å². The van der Waals surface area contributed by atoms with Gasteiger partial charge in [0.05, 0.1) is 24.6 Å². The van der Waals surface area contributed by atoms with E-state index in [9.17, 15) is 15.0 Å². The molecule has 0 spiro atoms. The average molecular weight is 436 g/mol. The lowest BCUT2D eigenvalue weighted by atomic mass is 9.82. The standard InChI is InChI=1S/C23H21FN4O4/c1-32-19(30)9-12-8-15(14-4-2-3-5-18(14)29)20(31)23(24,11-12)22-27-16-7-6-13(21(25)26)10-17(16)28-22/h2-7,10-11,29,31H,8-9H2,1H3,(H3,25,26)(H,27,28). The molecule has 0 fully saturated rings. The van der Waals surface area contributed by atoms with Crippen LogP contribution in [0.3, 0.4) is 0 Å². The number of nitrogens with zero attached hydrogens (tertiary/aromatic N) is 1. The SMILES string of the molecule is COC(=O)CC1=CC(F)(c2nc3ccc(C(=N)N)cc3[nH]2)C(O)=C(c2ccccc2O)C1. The zero-order valence-electron chi connectivity index (χ0n) is 17.1. The minimum absolute atomic E-state index is 0.0406. The van der Waals surface area contributed by atoms with E-state index in [4.69, 9.17) is 15.9 Å². The van der Waals surface area contributed by atoms with Crippen molar-refractivity contribution in [2.45, 2.75) is 18.5 Å². The number of aromatic hydroxyl groups is 1. The third-order valence-corrected chi connectivity index (χ3v) is 5.40. The molecule has 1 aliphatic rings. The second-order valence-electron chi connectivity index (χ2n) is 7.52. The van der Waals surface area contributed by atoms with Gasteiger partial charge in [-0.3, -0.25) is 10.2 Å². The van der Waals surface area contributed by atoms with Gasteiger partial charge in [0, 0.05) is 16.7 Å². The van der Waals surface area contributed by atoms with E-state index in [1.807, 2.05) is 0 Å². The molecule has 3 aromatic rings. The smallest absolute Gasteiger partial charge is 0.309 e. The number of allylic oxidation sites excluding steroid dienone is 2. The number of imidazole rings is 1. The molecule has 0 amide bonds. The number of aromatic amines is 1. The van der Waals surface area contributed by atoms with Crippen LogP contribution in [0.4, 0.5) is 4.39 Å². The molecule has 1 aromatic heterocycles. The first-order chi connectivity index (χ1) is 15.2. The molecule has 4 rings (SSSR count). The number of carbonyl (C=O) groups excluding carboxylic acids is 1. The summed E-state index contributed by atoms with van der Waals surface area (Å²) in [5.41, 5.74) is 4.95. The predicted molar refractivity (Wildman–Crippen MR) is 117 cm³/mol. The molecule has 1 aliphatic carbocycles. The van der Waals surface area contributed by atoms with Crippen molar-refractivity contribution >= 4 is 28.4 Å². The Morgan fingerprint density at radius 1 is 1.31 bits per heavy atom. The van der Waals surface area contributed by atoms with Crippen LogP contribution in [0.2, 0.25) is 0 Å². The highest BCUT2D eigenvalue weighted by Gasteiger charge is 2.44. The molecular weight excluding hydrogens is 415 g/mol. The number of rotatable bonds is 5. The van der Waals surface area contributed by atoms with Crippen LogP contribution in [0.25, 0.3) is 16.6 Å². The number of amidine groups is 1. The van der Waals surface area contributed by atoms with E-state index in [1.54, 1.807) is 36.4 Å². The van der Waals surface area contributed by atoms with Gasteiger partial charge in [-0.15, -0.1) is 0 Å². The number of phenolic OH excluding ortho intramolecular Hbond substituents is 1. The normalized spacial score (nSPS) is 18.5. The molecule has 0 saturated heterocycles. The average Bonchev–Trinajstić information content (AvgIpc) is 3.20. The predicted octanol–water partition coefficient (Wildman–Crippen LogP) is 3.58. The van der Waals surface area contributed by atoms with Crippen molar-refractivity contribution < 1.29 is 24.1 Å². The lowest BCUT2D eigenvalue weighted by molar-refractivity contribution is -0.139. The Hall–Kier alpha value is -4.14. The third kappa shape index (κ3) is 3.58. The zero-order chi connectivity index (χ0) is 23.0. The van der Waals surface area contributed by atoms with Gasteiger partial charge in [0.2, 0.25) is 5.67 Å². The van der Waals surface area contributed by atoms with Crippen molar-refractivity contribution in [3.63, 3.8) is 0 Å². The van der Waals surface area contributed by atoms with Crippen molar-refractivity contribution in [1.82, 2.24) is 9.97 Å². The number of methoxy groups -OCH3 is 1. The van der Waals surface area contributed by atoms with E-state index >= 15 is 4.39 Å². The first kappa shape index (κ1) is 21.1. The molecule has 1 heterocycles. The van der Waals surface area contributed by atoms with E-state index < -0.39 is 17.4 Å². The molecule has 164 valence electrons. The Morgan fingerprint density at radius 3 is 2.75 bits per heavy atom. The number of ether oxygens (including phenoxy) is 1. The summed E-state index contributed by atoms with van der Waals surface area (Å²) in [6.45, 7) is 0. The lowest BCUT2D eigenvalue weighted by Crippen LogP contribution is -2.27. The molecule has 9 heteroatoms. The number of fused-ring (bicyclic) bond motifs is 1. The molecule has 8 nitrogen and oxygen atoms in total. The number of para-hydroxylation sites is 1. The van der Waals surface area contributed by atoms with Crippen molar-refractivity contribution in [1.29, 1.82) is 5.41 Å². The highest BCUT2D eigenvalue weighted by Crippen LogP contribution is 2.46. The summed E-state index contributed by atoms with van der Waals surface area (Å²) >= 11 is 0. The Kier molecular flexibility index (Phi) is 5.17. The number of alkyl halides is 1.